The van der Waals surface area contributed by atoms with Gasteiger partial charge in [0.2, 0.25) is 5.91 Å². The summed E-state index contributed by atoms with van der Waals surface area (Å²) in [4.78, 5) is 16.5. The van der Waals surface area contributed by atoms with Crippen LogP contribution in [-0.4, -0.2) is 43.0 Å². The Kier molecular flexibility index (Phi) is 6.40. The van der Waals surface area contributed by atoms with Gasteiger partial charge in [0, 0.05) is 31.2 Å². The number of amides is 1. The highest BCUT2D eigenvalue weighted by molar-refractivity contribution is 6.36. The van der Waals surface area contributed by atoms with Crippen LogP contribution in [0.2, 0.25) is 10.0 Å². The van der Waals surface area contributed by atoms with Gasteiger partial charge in [-0.2, -0.15) is 5.26 Å². The molecule has 5 nitrogen and oxygen atoms in total. The number of benzene rings is 2. The van der Waals surface area contributed by atoms with Crippen molar-refractivity contribution < 1.29 is 9.18 Å². The van der Waals surface area contributed by atoms with Crippen LogP contribution in [0.25, 0.3) is 0 Å². The lowest BCUT2D eigenvalue weighted by molar-refractivity contribution is -0.120. The first-order valence-electron chi connectivity index (χ1n) is 8.83. The van der Waals surface area contributed by atoms with E-state index >= 15 is 0 Å². The topological polar surface area (TPSA) is 59.4 Å². The fraction of sp³-hybridized carbons (Fsp3) is 0.300. The summed E-state index contributed by atoms with van der Waals surface area (Å²) >= 11 is 12.0. The molecule has 1 fully saturated rings. The third-order valence-electron chi connectivity index (χ3n) is 4.85. The number of carbonyl (C=O) groups is 1. The minimum atomic E-state index is -0.407. The van der Waals surface area contributed by atoms with Crippen LogP contribution in [0.5, 0.6) is 0 Å². The SMILES string of the molecule is CC(C(=O)Nc1ccc(Cl)cc1Cl)N1CCN(c2ccc(C#N)cc2F)CC1. The number of piperazine rings is 1. The highest BCUT2D eigenvalue weighted by Gasteiger charge is 2.27. The monoisotopic (exact) mass is 420 g/mol. The minimum Gasteiger partial charge on any atom is -0.367 e. The Balaban J connectivity index is 1.59. The summed E-state index contributed by atoms with van der Waals surface area (Å²) in [5, 5.41) is 12.6. The highest BCUT2D eigenvalue weighted by Crippen LogP contribution is 2.26. The van der Waals surface area contributed by atoms with Crippen LogP contribution in [-0.2, 0) is 4.79 Å². The van der Waals surface area contributed by atoms with E-state index in [9.17, 15) is 9.18 Å². The van der Waals surface area contributed by atoms with Crippen molar-refractivity contribution in [3.8, 4) is 6.07 Å². The minimum absolute atomic E-state index is 0.165. The third kappa shape index (κ3) is 4.56. The number of nitrogens with one attached hydrogen (secondary N) is 1. The molecule has 0 bridgehead atoms. The van der Waals surface area contributed by atoms with Crippen molar-refractivity contribution >= 4 is 40.5 Å². The summed E-state index contributed by atoms with van der Waals surface area (Å²) in [6, 6.07) is 11.0. The van der Waals surface area contributed by atoms with E-state index in [0.717, 1.165) is 0 Å². The van der Waals surface area contributed by atoms with Gasteiger partial charge in [-0.1, -0.05) is 23.2 Å². The Bertz CT molecular complexity index is 923. The van der Waals surface area contributed by atoms with Crippen LogP contribution in [0.4, 0.5) is 15.8 Å². The number of anilines is 2. The lowest BCUT2D eigenvalue weighted by Crippen LogP contribution is -2.53. The molecule has 1 atom stereocenters. The first-order valence-corrected chi connectivity index (χ1v) is 9.59. The summed E-state index contributed by atoms with van der Waals surface area (Å²) < 4.78 is 14.2. The quantitative estimate of drug-likeness (QED) is 0.806. The first-order chi connectivity index (χ1) is 13.4. The zero-order chi connectivity index (χ0) is 20.3. The maximum Gasteiger partial charge on any atom is 0.241 e. The van der Waals surface area contributed by atoms with Gasteiger partial charge in [-0.05, 0) is 43.3 Å². The molecule has 0 aliphatic carbocycles. The third-order valence-corrected chi connectivity index (χ3v) is 5.40. The van der Waals surface area contributed by atoms with Crippen LogP contribution in [0.15, 0.2) is 36.4 Å². The molecule has 2 aromatic carbocycles. The maximum absolute atomic E-state index is 14.2. The molecule has 1 saturated heterocycles. The Labute approximate surface area is 173 Å². The van der Waals surface area contributed by atoms with Gasteiger partial charge >= 0.3 is 0 Å². The fourth-order valence-corrected chi connectivity index (χ4v) is 3.63. The van der Waals surface area contributed by atoms with E-state index < -0.39 is 5.82 Å². The van der Waals surface area contributed by atoms with Gasteiger partial charge in [0.25, 0.3) is 0 Å². The molecule has 0 saturated carbocycles. The van der Waals surface area contributed by atoms with E-state index in [2.05, 4.69) is 5.32 Å². The van der Waals surface area contributed by atoms with E-state index in [4.69, 9.17) is 28.5 Å². The van der Waals surface area contributed by atoms with Crippen molar-refractivity contribution in [2.75, 3.05) is 36.4 Å². The summed E-state index contributed by atoms with van der Waals surface area (Å²) in [6.45, 7) is 4.23. The lowest BCUT2D eigenvalue weighted by atomic mass is 10.1. The molecule has 1 aliphatic heterocycles. The first kappa shape index (κ1) is 20.4. The Morgan fingerprint density at radius 2 is 1.89 bits per heavy atom. The van der Waals surface area contributed by atoms with Gasteiger partial charge in [0.15, 0.2) is 0 Å². The predicted molar refractivity (Wildman–Crippen MR) is 109 cm³/mol. The number of nitriles is 1. The van der Waals surface area contributed by atoms with Crippen molar-refractivity contribution in [3.05, 3.63) is 57.8 Å². The van der Waals surface area contributed by atoms with Crippen molar-refractivity contribution in [3.63, 3.8) is 0 Å². The van der Waals surface area contributed by atoms with Crippen LogP contribution in [0.1, 0.15) is 12.5 Å². The van der Waals surface area contributed by atoms with E-state index in [-0.39, 0.29) is 11.9 Å². The van der Waals surface area contributed by atoms with E-state index in [1.165, 1.54) is 6.07 Å². The van der Waals surface area contributed by atoms with Gasteiger partial charge < -0.3 is 10.2 Å². The fourth-order valence-electron chi connectivity index (χ4n) is 3.18. The predicted octanol–water partition coefficient (Wildman–Crippen LogP) is 4.15. The van der Waals surface area contributed by atoms with Gasteiger partial charge in [-0.25, -0.2) is 4.39 Å². The molecule has 146 valence electrons. The Morgan fingerprint density at radius 1 is 1.18 bits per heavy atom. The van der Waals surface area contributed by atoms with E-state index in [1.54, 1.807) is 30.3 Å². The average Bonchev–Trinajstić information content (AvgIpc) is 2.69. The summed E-state index contributed by atoms with van der Waals surface area (Å²) in [5.74, 6) is -0.571. The number of halogens is 3. The molecule has 28 heavy (non-hydrogen) atoms. The molecule has 1 heterocycles. The molecular formula is C20H19Cl2FN4O. The molecule has 1 amide bonds. The van der Waals surface area contributed by atoms with Crippen LogP contribution >= 0.6 is 23.2 Å². The Morgan fingerprint density at radius 3 is 2.50 bits per heavy atom. The summed E-state index contributed by atoms with van der Waals surface area (Å²) in [6.07, 6.45) is 0. The molecule has 0 radical (unpaired) electrons. The van der Waals surface area contributed by atoms with Crippen molar-refractivity contribution in [2.45, 2.75) is 13.0 Å². The zero-order valence-corrected chi connectivity index (χ0v) is 16.8. The number of rotatable bonds is 4. The largest absolute Gasteiger partial charge is 0.367 e. The van der Waals surface area contributed by atoms with Gasteiger partial charge in [0.05, 0.1) is 34.1 Å². The number of hydrogen-bond donors (Lipinski definition) is 1. The second kappa shape index (κ2) is 8.78. The molecule has 8 heteroatoms. The standard InChI is InChI=1S/C20H19Cl2FN4O/c1-13(20(28)25-18-4-3-15(21)11-16(18)22)26-6-8-27(9-7-26)19-5-2-14(12-24)10-17(19)23/h2-5,10-11,13H,6-9H2,1H3,(H,25,28). The normalized spacial score (nSPS) is 15.8. The van der Waals surface area contributed by atoms with Crippen LogP contribution in [0.3, 0.4) is 0 Å². The molecule has 0 aromatic heterocycles. The van der Waals surface area contributed by atoms with Crippen LogP contribution < -0.4 is 10.2 Å². The average molecular weight is 421 g/mol. The lowest BCUT2D eigenvalue weighted by Gasteiger charge is -2.38. The molecule has 1 aliphatic rings. The smallest absolute Gasteiger partial charge is 0.241 e. The molecule has 1 unspecified atom stereocenters. The highest BCUT2D eigenvalue weighted by atomic mass is 35.5. The molecule has 1 N–H and O–H groups in total. The van der Waals surface area contributed by atoms with Crippen molar-refractivity contribution in [1.82, 2.24) is 4.90 Å². The van der Waals surface area contributed by atoms with Crippen molar-refractivity contribution in [2.24, 2.45) is 0 Å². The summed E-state index contributed by atoms with van der Waals surface area (Å²) in [5.41, 5.74) is 1.29. The second-order valence-electron chi connectivity index (χ2n) is 6.59. The number of hydrogen-bond acceptors (Lipinski definition) is 4. The molecule has 0 spiro atoms. The second-order valence-corrected chi connectivity index (χ2v) is 7.43. The molecule has 3 rings (SSSR count). The van der Waals surface area contributed by atoms with Gasteiger partial charge in [-0.3, -0.25) is 9.69 Å². The molecular weight excluding hydrogens is 402 g/mol. The van der Waals surface area contributed by atoms with Crippen molar-refractivity contribution in [1.29, 1.82) is 5.26 Å². The van der Waals surface area contributed by atoms with Gasteiger partial charge in [-0.15, -0.1) is 0 Å². The number of nitrogens with zero attached hydrogens (tertiary/aromatic N) is 3. The molecule has 2 aromatic rings. The maximum atomic E-state index is 14.2. The zero-order valence-electron chi connectivity index (χ0n) is 15.3. The van der Waals surface area contributed by atoms with Gasteiger partial charge in [0.1, 0.15) is 5.82 Å². The summed E-state index contributed by atoms with van der Waals surface area (Å²) in [7, 11) is 0. The van der Waals surface area contributed by atoms with Crippen LogP contribution in [0, 0.1) is 17.1 Å². The number of carbonyl (C=O) groups excluding carboxylic acids is 1. The Hall–Kier alpha value is -2.33. The van der Waals surface area contributed by atoms with E-state index in [0.29, 0.717) is 53.2 Å². The van der Waals surface area contributed by atoms with E-state index in [1.807, 2.05) is 22.8 Å².